The number of carboxylic acids is 1. The molecule has 0 atom stereocenters. The number of benzene rings is 1. The second-order valence-corrected chi connectivity index (χ2v) is 6.78. The highest BCUT2D eigenvalue weighted by atomic mass is 16.6. The van der Waals surface area contributed by atoms with E-state index in [1.54, 1.807) is 31.2 Å². The zero-order chi connectivity index (χ0) is 20.1. The topological polar surface area (TPSA) is 94.2 Å². The average Bonchev–Trinajstić information content (AvgIpc) is 3.45. The summed E-state index contributed by atoms with van der Waals surface area (Å²) in [6, 6.07) is 7.13. The summed E-state index contributed by atoms with van der Waals surface area (Å²) >= 11 is 0. The number of ether oxygens (including phenoxy) is 1. The van der Waals surface area contributed by atoms with E-state index in [9.17, 15) is 9.90 Å². The summed E-state index contributed by atoms with van der Waals surface area (Å²) in [5.41, 5.74) is 2.88. The number of hydrogen-bond acceptors (Lipinski definition) is 6. The molecule has 1 fully saturated rings. The van der Waals surface area contributed by atoms with Gasteiger partial charge in [-0.2, -0.15) is 0 Å². The SMILES string of the molecule is CC=C(C(=O)O)c1ccccc1C(=NOCc1c(C)noc1C)OCC1CC1. The molecule has 3 rings (SSSR count). The molecule has 7 nitrogen and oxygen atoms in total. The molecule has 0 radical (unpaired) electrons. The number of rotatable bonds is 8. The van der Waals surface area contributed by atoms with Crippen LogP contribution in [0.1, 0.15) is 47.9 Å². The van der Waals surface area contributed by atoms with Crippen LogP contribution < -0.4 is 0 Å². The van der Waals surface area contributed by atoms with E-state index in [2.05, 4.69) is 10.3 Å². The van der Waals surface area contributed by atoms with Crippen LogP contribution in [0.15, 0.2) is 40.0 Å². The maximum absolute atomic E-state index is 11.6. The first-order valence-electron chi connectivity index (χ1n) is 9.25. The molecule has 1 N–H and O–H groups in total. The molecule has 0 spiro atoms. The second-order valence-electron chi connectivity index (χ2n) is 6.78. The Morgan fingerprint density at radius 2 is 2.04 bits per heavy atom. The van der Waals surface area contributed by atoms with E-state index in [0.29, 0.717) is 29.4 Å². The number of aliphatic carboxylic acids is 1. The van der Waals surface area contributed by atoms with Crippen LogP contribution in [0.4, 0.5) is 0 Å². The quantitative estimate of drug-likeness (QED) is 0.319. The van der Waals surface area contributed by atoms with Gasteiger partial charge >= 0.3 is 5.97 Å². The number of allylic oxidation sites excluding steroid dienone is 1. The van der Waals surface area contributed by atoms with Gasteiger partial charge in [0.15, 0.2) is 0 Å². The van der Waals surface area contributed by atoms with Gasteiger partial charge < -0.3 is 19.2 Å². The Bertz CT molecular complexity index is 890. The highest BCUT2D eigenvalue weighted by molar-refractivity contribution is 6.18. The van der Waals surface area contributed by atoms with Gasteiger partial charge in [-0.3, -0.25) is 0 Å². The van der Waals surface area contributed by atoms with Crippen LogP contribution in [0.3, 0.4) is 0 Å². The first kappa shape index (κ1) is 19.7. The fourth-order valence-electron chi connectivity index (χ4n) is 2.80. The molecule has 0 aliphatic heterocycles. The number of carboxylic acid groups (broad SMARTS) is 1. The molecule has 1 aromatic heterocycles. The smallest absolute Gasteiger partial charge is 0.335 e. The van der Waals surface area contributed by atoms with Gasteiger partial charge in [-0.1, -0.05) is 29.4 Å². The van der Waals surface area contributed by atoms with Crippen molar-refractivity contribution in [3.63, 3.8) is 0 Å². The molecule has 7 heteroatoms. The molecule has 28 heavy (non-hydrogen) atoms. The van der Waals surface area contributed by atoms with E-state index < -0.39 is 5.97 Å². The van der Waals surface area contributed by atoms with Crippen molar-refractivity contribution in [2.24, 2.45) is 11.1 Å². The summed E-state index contributed by atoms with van der Waals surface area (Å²) in [5, 5.41) is 17.6. The van der Waals surface area contributed by atoms with Gasteiger partial charge in [0.05, 0.1) is 23.4 Å². The standard InChI is InChI=1S/C21H24N2O5/c1-4-16(21(24)25)17-7-5-6-8-18(17)20(26-11-15-9-10-15)23-27-12-19-13(2)22-28-14(19)3/h4-8,15H,9-12H2,1-3H3,(H,24,25). The number of aromatic nitrogens is 1. The van der Waals surface area contributed by atoms with Crippen LogP contribution >= 0.6 is 0 Å². The van der Waals surface area contributed by atoms with Crippen molar-refractivity contribution < 1.29 is 24.0 Å². The molecule has 1 saturated carbocycles. The summed E-state index contributed by atoms with van der Waals surface area (Å²) in [6.45, 7) is 6.06. The monoisotopic (exact) mass is 384 g/mol. The molecule has 0 amide bonds. The highest BCUT2D eigenvalue weighted by Crippen LogP contribution is 2.30. The lowest BCUT2D eigenvalue weighted by Gasteiger charge is -2.13. The lowest BCUT2D eigenvalue weighted by Crippen LogP contribution is -2.14. The third kappa shape index (κ3) is 4.60. The van der Waals surface area contributed by atoms with Gasteiger partial charge in [0, 0.05) is 11.1 Å². The predicted molar refractivity (Wildman–Crippen MR) is 104 cm³/mol. The molecule has 0 saturated heterocycles. The lowest BCUT2D eigenvalue weighted by molar-refractivity contribution is -0.130. The minimum Gasteiger partial charge on any atom is -0.478 e. The largest absolute Gasteiger partial charge is 0.478 e. The van der Waals surface area contributed by atoms with E-state index in [-0.39, 0.29) is 18.1 Å². The Kier molecular flexibility index (Phi) is 6.13. The van der Waals surface area contributed by atoms with Crippen LogP contribution in [-0.4, -0.2) is 28.7 Å². The van der Waals surface area contributed by atoms with Crippen LogP contribution in [-0.2, 0) is 21.0 Å². The van der Waals surface area contributed by atoms with Crippen molar-refractivity contribution in [3.05, 3.63) is 58.5 Å². The zero-order valence-electron chi connectivity index (χ0n) is 16.3. The number of nitrogens with zero attached hydrogens (tertiary/aromatic N) is 2. The van der Waals surface area contributed by atoms with E-state index in [1.165, 1.54) is 0 Å². The van der Waals surface area contributed by atoms with Crippen molar-refractivity contribution in [1.82, 2.24) is 5.16 Å². The first-order chi connectivity index (χ1) is 13.5. The molecule has 148 valence electrons. The zero-order valence-corrected chi connectivity index (χ0v) is 16.3. The Balaban J connectivity index is 1.88. The maximum Gasteiger partial charge on any atom is 0.335 e. The maximum atomic E-state index is 11.6. The fraction of sp³-hybridized carbons (Fsp3) is 0.381. The second kappa shape index (κ2) is 8.73. The first-order valence-corrected chi connectivity index (χ1v) is 9.25. The lowest BCUT2D eigenvalue weighted by atomic mass is 9.99. The summed E-state index contributed by atoms with van der Waals surface area (Å²) < 4.78 is 11.0. The molecule has 1 heterocycles. The van der Waals surface area contributed by atoms with E-state index in [1.807, 2.05) is 19.9 Å². The molecule has 0 bridgehead atoms. The predicted octanol–water partition coefficient (Wildman–Crippen LogP) is 4.08. The summed E-state index contributed by atoms with van der Waals surface area (Å²) in [6.07, 6.45) is 3.82. The molecule has 0 unspecified atom stereocenters. The fourth-order valence-corrected chi connectivity index (χ4v) is 2.80. The van der Waals surface area contributed by atoms with Gasteiger partial charge in [0.25, 0.3) is 5.90 Å². The molecule has 2 aromatic rings. The van der Waals surface area contributed by atoms with E-state index in [0.717, 1.165) is 24.1 Å². The average molecular weight is 384 g/mol. The van der Waals surface area contributed by atoms with Crippen molar-refractivity contribution in [2.75, 3.05) is 6.61 Å². The Morgan fingerprint density at radius 3 is 2.61 bits per heavy atom. The highest BCUT2D eigenvalue weighted by Gasteiger charge is 2.25. The number of hydrogen-bond donors (Lipinski definition) is 1. The van der Waals surface area contributed by atoms with Gasteiger partial charge in [0.1, 0.15) is 12.4 Å². The third-order valence-corrected chi connectivity index (χ3v) is 4.66. The number of oxime groups is 1. The van der Waals surface area contributed by atoms with Crippen LogP contribution in [0, 0.1) is 19.8 Å². The summed E-state index contributed by atoms with van der Waals surface area (Å²) in [5.74, 6) is 0.458. The van der Waals surface area contributed by atoms with Gasteiger partial charge in [0.2, 0.25) is 0 Å². The van der Waals surface area contributed by atoms with Crippen molar-refractivity contribution in [2.45, 2.75) is 40.2 Å². The van der Waals surface area contributed by atoms with Gasteiger partial charge in [-0.15, -0.1) is 0 Å². The Labute approximate surface area is 163 Å². The van der Waals surface area contributed by atoms with Crippen LogP contribution in [0.2, 0.25) is 0 Å². The van der Waals surface area contributed by atoms with E-state index in [4.69, 9.17) is 14.1 Å². The summed E-state index contributed by atoms with van der Waals surface area (Å²) in [7, 11) is 0. The van der Waals surface area contributed by atoms with Gasteiger partial charge in [-0.25, -0.2) is 4.79 Å². The van der Waals surface area contributed by atoms with Gasteiger partial charge in [-0.05, 0) is 50.8 Å². The molecular weight excluding hydrogens is 360 g/mol. The van der Waals surface area contributed by atoms with Crippen molar-refractivity contribution >= 4 is 17.4 Å². The van der Waals surface area contributed by atoms with Crippen LogP contribution in [0.25, 0.3) is 5.57 Å². The van der Waals surface area contributed by atoms with E-state index >= 15 is 0 Å². The van der Waals surface area contributed by atoms with Crippen molar-refractivity contribution in [3.8, 4) is 0 Å². The molecule has 1 aromatic carbocycles. The normalized spacial score (nSPS) is 14.8. The minimum absolute atomic E-state index is 0.184. The molecule has 1 aliphatic carbocycles. The summed E-state index contributed by atoms with van der Waals surface area (Å²) in [4.78, 5) is 17.2. The number of carbonyl (C=O) groups is 1. The van der Waals surface area contributed by atoms with Crippen LogP contribution in [0.5, 0.6) is 0 Å². The Morgan fingerprint density at radius 1 is 1.32 bits per heavy atom. The molecule has 1 aliphatic rings. The van der Waals surface area contributed by atoms with Crippen molar-refractivity contribution in [1.29, 1.82) is 0 Å². The molecular formula is C21H24N2O5. The Hall–Kier alpha value is -3.09. The number of aryl methyl sites for hydroxylation is 2. The minimum atomic E-state index is -1.01. The third-order valence-electron chi connectivity index (χ3n) is 4.66.